The van der Waals surface area contributed by atoms with Crippen molar-refractivity contribution in [1.82, 2.24) is 5.32 Å². The fourth-order valence-electron chi connectivity index (χ4n) is 1.15. The molecule has 0 radical (unpaired) electrons. The minimum absolute atomic E-state index is 0.286. The minimum atomic E-state index is 0.286. The zero-order valence-electron chi connectivity index (χ0n) is 9.92. The summed E-state index contributed by atoms with van der Waals surface area (Å²) in [5, 5.41) is 13.0. The number of nitrogens with one attached hydrogen (secondary N) is 1. The monoisotopic (exact) mass is 219 g/mol. The molecule has 0 aliphatic rings. The summed E-state index contributed by atoms with van der Waals surface area (Å²) in [6, 6.07) is 0.469. The third-order valence-corrected chi connectivity index (χ3v) is 4.13. The van der Waals surface area contributed by atoms with Gasteiger partial charge in [-0.2, -0.15) is 11.8 Å². The molecule has 0 aliphatic carbocycles. The lowest BCUT2D eigenvalue weighted by atomic mass is 10.2. The van der Waals surface area contributed by atoms with Gasteiger partial charge in [-0.15, -0.1) is 0 Å². The molecule has 3 heteroatoms. The standard InChI is InChI=1S/C11H25NOS/c1-5-12-11(6-7-13)8-14-10(4)9(2)3/h9-13H,5-8H2,1-4H3. The third-order valence-electron chi connectivity index (χ3n) is 2.47. The number of hydrogen-bond acceptors (Lipinski definition) is 3. The smallest absolute Gasteiger partial charge is 0.0446 e. The van der Waals surface area contributed by atoms with Crippen LogP contribution in [-0.4, -0.2) is 35.3 Å². The van der Waals surface area contributed by atoms with Crippen molar-refractivity contribution in [3.63, 3.8) is 0 Å². The van der Waals surface area contributed by atoms with Crippen LogP contribution in [0.3, 0.4) is 0 Å². The Morgan fingerprint density at radius 1 is 1.29 bits per heavy atom. The van der Waals surface area contributed by atoms with E-state index in [1.165, 1.54) is 0 Å². The van der Waals surface area contributed by atoms with Gasteiger partial charge in [0.2, 0.25) is 0 Å². The zero-order chi connectivity index (χ0) is 11.0. The van der Waals surface area contributed by atoms with Crippen molar-refractivity contribution < 1.29 is 5.11 Å². The molecule has 0 aromatic carbocycles. The van der Waals surface area contributed by atoms with Crippen molar-refractivity contribution in [2.24, 2.45) is 5.92 Å². The van der Waals surface area contributed by atoms with E-state index in [9.17, 15) is 0 Å². The summed E-state index contributed by atoms with van der Waals surface area (Å²) in [4.78, 5) is 0. The van der Waals surface area contributed by atoms with Crippen LogP contribution in [0.1, 0.15) is 34.1 Å². The van der Waals surface area contributed by atoms with Crippen LogP contribution >= 0.6 is 11.8 Å². The lowest BCUT2D eigenvalue weighted by Crippen LogP contribution is -2.32. The predicted octanol–water partition coefficient (Wildman–Crippen LogP) is 2.12. The molecule has 0 saturated heterocycles. The second kappa shape index (κ2) is 8.57. The average Bonchev–Trinajstić information content (AvgIpc) is 2.14. The molecule has 14 heavy (non-hydrogen) atoms. The lowest BCUT2D eigenvalue weighted by Gasteiger charge is -2.20. The summed E-state index contributed by atoms with van der Waals surface area (Å²) in [6.07, 6.45) is 0.867. The zero-order valence-corrected chi connectivity index (χ0v) is 10.7. The van der Waals surface area contributed by atoms with E-state index in [0.717, 1.165) is 24.6 Å². The largest absolute Gasteiger partial charge is 0.396 e. The molecule has 2 unspecified atom stereocenters. The predicted molar refractivity (Wildman–Crippen MR) is 65.9 cm³/mol. The SMILES string of the molecule is CCNC(CCO)CSC(C)C(C)C. The van der Waals surface area contributed by atoms with Gasteiger partial charge in [-0.3, -0.25) is 0 Å². The third kappa shape index (κ3) is 6.68. The van der Waals surface area contributed by atoms with Gasteiger partial charge in [0.1, 0.15) is 0 Å². The molecule has 0 fully saturated rings. The van der Waals surface area contributed by atoms with Gasteiger partial charge in [-0.25, -0.2) is 0 Å². The minimum Gasteiger partial charge on any atom is -0.396 e. The summed E-state index contributed by atoms with van der Waals surface area (Å²) in [6.45, 7) is 10.2. The molecule has 0 aromatic heterocycles. The van der Waals surface area contributed by atoms with Gasteiger partial charge < -0.3 is 10.4 Å². The second-order valence-electron chi connectivity index (χ2n) is 4.05. The van der Waals surface area contributed by atoms with Gasteiger partial charge in [0.05, 0.1) is 0 Å². The van der Waals surface area contributed by atoms with Crippen molar-refractivity contribution in [2.45, 2.75) is 45.4 Å². The van der Waals surface area contributed by atoms with Crippen LogP contribution in [0.25, 0.3) is 0 Å². The number of aliphatic hydroxyl groups excluding tert-OH is 1. The van der Waals surface area contributed by atoms with E-state index in [1.54, 1.807) is 0 Å². The number of hydrogen-bond donors (Lipinski definition) is 2. The van der Waals surface area contributed by atoms with Gasteiger partial charge in [-0.1, -0.05) is 27.7 Å². The molecular weight excluding hydrogens is 194 g/mol. The molecule has 0 bridgehead atoms. The maximum atomic E-state index is 8.89. The molecule has 0 aliphatic heterocycles. The van der Waals surface area contributed by atoms with Crippen molar-refractivity contribution in [3.8, 4) is 0 Å². The molecule has 0 spiro atoms. The molecule has 0 saturated carbocycles. The van der Waals surface area contributed by atoms with E-state index >= 15 is 0 Å². The number of thioether (sulfide) groups is 1. The summed E-state index contributed by atoms with van der Waals surface area (Å²) >= 11 is 2.00. The molecule has 0 aromatic rings. The van der Waals surface area contributed by atoms with Gasteiger partial charge in [0.15, 0.2) is 0 Å². The summed E-state index contributed by atoms with van der Waals surface area (Å²) in [5.41, 5.74) is 0. The first-order valence-corrected chi connectivity index (χ1v) is 6.62. The fraction of sp³-hybridized carbons (Fsp3) is 1.00. The van der Waals surface area contributed by atoms with Crippen molar-refractivity contribution in [3.05, 3.63) is 0 Å². The Labute approximate surface area is 92.9 Å². The van der Waals surface area contributed by atoms with E-state index in [0.29, 0.717) is 11.3 Å². The van der Waals surface area contributed by atoms with E-state index in [1.807, 2.05) is 11.8 Å². The fourth-order valence-corrected chi connectivity index (χ4v) is 2.35. The van der Waals surface area contributed by atoms with Crippen LogP contribution in [-0.2, 0) is 0 Å². The Morgan fingerprint density at radius 2 is 1.93 bits per heavy atom. The summed E-state index contributed by atoms with van der Waals surface area (Å²) in [5.74, 6) is 1.84. The van der Waals surface area contributed by atoms with Crippen LogP contribution in [0.15, 0.2) is 0 Å². The molecule has 0 heterocycles. The summed E-state index contributed by atoms with van der Waals surface area (Å²) < 4.78 is 0. The summed E-state index contributed by atoms with van der Waals surface area (Å²) in [7, 11) is 0. The molecule has 2 atom stereocenters. The second-order valence-corrected chi connectivity index (χ2v) is 5.46. The highest BCUT2D eigenvalue weighted by Crippen LogP contribution is 2.19. The van der Waals surface area contributed by atoms with Crippen molar-refractivity contribution in [1.29, 1.82) is 0 Å². The van der Waals surface area contributed by atoms with Crippen LogP contribution < -0.4 is 5.32 Å². The van der Waals surface area contributed by atoms with Crippen molar-refractivity contribution >= 4 is 11.8 Å². The Bertz CT molecular complexity index is 124. The highest BCUT2D eigenvalue weighted by atomic mass is 32.2. The quantitative estimate of drug-likeness (QED) is 0.656. The highest BCUT2D eigenvalue weighted by molar-refractivity contribution is 7.99. The topological polar surface area (TPSA) is 32.3 Å². The van der Waals surface area contributed by atoms with E-state index < -0.39 is 0 Å². The van der Waals surface area contributed by atoms with Crippen LogP contribution in [0.2, 0.25) is 0 Å². The van der Waals surface area contributed by atoms with Crippen LogP contribution in [0.4, 0.5) is 0 Å². The Morgan fingerprint density at radius 3 is 2.36 bits per heavy atom. The highest BCUT2D eigenvalue weighted by Gasteiger charge is 2.11. The molecule has 2 N–H and O–H groups in total. The molecule has 2 nitrogen and oxygen atoms in total. The Balaban J connectivity index is 3.68. The number of aliphatic hydroxyl groups is 1. The van der Waals surface area contributed by atoms with Crippen molar-refractivity contribution in [2.75, 3.05) is 18.9 Å². The van der Waals surface area contributed by atoms with Gasteiger partial charge in [0.25, 0.3) is 0 Å². The Kier molecular flexibility index (Phi) is 8.73. The molecule has 86 valence electrons. The molecule has 0 amide bonds. The van der Waals surface area contributed by atoms with Gasteiger partial charge in [0, 0.05) is 23.7 Å². The van der Waals surface area contributed by atoms with Gasteiger partial charge in [-0.05, 0) is 18.9 Å². The normalized spacial score (nSPS) is 15.9. The lowest BCUT2D eigenvalue weighted by molar-refractivity contribution is 0.271. The molecular formula is C11H25NOS. The molecule has 0 rings (SSSR count). The van der Waals surface area contributed by atoms with E-state index in [2.05, 4.69) is 33.0 Å². The van der Waals surface area contributed by atoms with E-state index in [4.69, 9.17) is 5.11 Å². The van der Waals surface area contributed by atoms with Crippen LogP contribution in [0, 0.1) is 5.92 Å². The average molecular weight is 219 g/mol. The number of rotatable bonds is 8. The maximum Gasteiger partial charge on any atom is 0.0446 e. The maximum absolute atomic E-state index is 8.89. The Hall–Kier alpha value is 0.270. The first kappa shape index (κ1) is 14.3. The first-order chi connectivity index (χ1) is 6.61. The van der Waals surface area contributed by atoms with Gasteiger partial charge >= 0.3 is 0 Å². The van der Waals surface area contributed by atoms with E-state index in [-0.39, 0.29) is 6.61 Å². The first-order valence-electron chi connectivity index (χ1n) is 5.57. The van der Waals surface area contributed by atoms with Crippen LogP contribution in [0.5, 0.6) is 0 Å².